The van der Waals surface area contributed by atoms with Crippen LogP contribution in [-0.2, 0) is 34.5 Å². The van der Waals surface area contributed by atoms with Gasteiger partial charge in [0.05, 0.1) is 11.0 Å². The molecule has 28 heavy (non-hydrogen) atoms. The topological polar surface area (TPSA) is 62.4 Å². The summed E-state index contributed by atoms with van der Waals surface area (Å²) in [7, 11) is 0. The number of carbonyl (C=O) groups is 1. The van der Waals surface area contributed by atoms with E-state index in [-0.39, 0.29) is 68.2 Å². The van der Waals surface area contributed by atoms with Crippen LogP contribution in [0.3, 0.4) is 0 Å². The molecule has 0 bridgehead atoms. The standard InChI is InChI=1S/C22H23N2O3.Ac/c1-4-22(3)16-9-18-19-14(8-13-7-12(2)5-6-17(13)23-19)10-24(18)20(25)15(16)11-27-21(22)26;/h5-7,9,14,19H,4,8,10-11H2,1-3H3;/q-1;. The Kier molecular flexibility index (Phi) is 5.03. The third-order valence-electron chi connectivity index (χ3n) is 6.69. The molecule has 0 amide bonds. The monoisotopic (exact) mass is 590 g/mol. The van der Waals surface area contributed by atoms with Gasteiger partial charge in [-0.1, -0.05) is 42.3 Å². The van der Waals surface area contributed by atoms with Gasteiger partial charge in [0, 0.05) is 56.3 Å². The average Bonchev–Trinajstić information content (AvgIpc) is 3.01. The number of aromatic nitrogens is 1. The Labute approximate surface area is 200 Å². The molecule has 0 N–H and O–H groups in total. The van der Waals surface area contributed by atoms with Crippen molar-refractivity contribution < 1.29 is 53.6 Å². The number of fused-ring (bicyclic) bond motifs is 5. The molecule has 0 saturated carbocycles. The van der Waals surface area contributed by atoms with Gasteiger partial charge in [0.15, 0.2) is 0 Å². The van der Waals surface area contributed by atoms with Gasteiger partial charge in [0.25, 0.3) is 5.56 Å². The molecule has 3 aliphatic heterocycles. The van der Waals surface area contributed by atoms with Crippen LogP contribution in [0.25, 0.3) is 5.32 Å². The van der Waals surface area contributed by atoms with E-state index in [1.807, 2.05) is 18.4 Å². The van der Waals surface area contributed by atoms with E-state index < -0.39 is 5.41 Å². The second-order valence-electron chi connectivity index (χ2n) is 8.31. The molecule has 0 aliphatic carbocycles. The minimum Gasteiger partial charge on any atom is -0.676 e. The Morgan fingerprint density at radius 2 is 2.07 bits per heavy atom. The van der Waals surface area contributed by atoms with E-state index in [9.17, 15) is 9.59 Å². The van der Waals surface area contributed by atoms with Gasteiger partial charge in [-0.15, -0.1) is 5.69 Å². The SMILES string of the molecule is CCC1(C)C(=O)OCc2c1cc1n(c2=O)CC2Cc3cc(C)ccc3[N-]C12.[Ac]. The summed E-state index contributed by atoms with van der Waals surface area (Å²) in [6.45, 7) is 6.70. The molecule has 5 nitrogen and oxygen atoms in total. The van der Waals surface area contributed by atoms with Crippen LogP contribution in [0, 0.1) is 56.9 Å². The summed E-state index contributed by atoms with van der Waals surface area (Å²) in [6.07, 6.45) is 1.53. The molecule has 6 heteroatoms. The first-order chi connectivity index (χ1) is 12.9. The number of hydrogen-bond acceptors (Lipinski definition) is 3. The number of nitrogens with zero attached hydrogens (tertiary/aromatic N) is 2. The average molecular weight is 590 g/mol. The zero-order chi connectivity index (χ0) is 18.9. The summed E-state index contributed by atoms with van der Waals surface area (Å²) in [5.41, 5.74) is 5.17. The Morgan fingerprint density at radius 1 is 1.29 bits per heavy atom. The summed E-state index contributed by atoms with van der Waals surface area (Å²) in [5, 5.41) is 5.00. The maximum Gasteiger partial charge on any atom is 0.316 e. The van der Waals surface area contributed by atoms with E-state index in [2.05, 4.69) is 31.2 Å². The van der Waals surface area contributed by atoms with Crippen LogP contribution in [-0.4, -0.2) is 10.5 Å². The molecule has 3 aliphatic rings. The second kappa shape index (κ2) is 6.99. The summed E-state index contributed by atoms with van der Waals surface area (Å²) >= 11 is 0. The predicted molar refractivity (Wildman–Crippen MR) is 102 cm³/mol. The van der Waals surface area contributed by atoms with Crippen molar-refractivity contribution in [3.8, 4) is 0 Å². The largest absolute Gasteiger partial charge is 0.676 e. The number of cyclic esters (lactones) is 1. The third kappa shape index (κ3) is 2.75. The number of esters is 1. The number of carbonyl (C=O) groups excluding carboxylic acids is 1. The Balaban J connectivity index is 0.00000192. The summed E-state index contributed by atoms with van der Waals surface area (Å²) in [6, 6.07) is 8.41. The van der Waals surface area contributed by atoms with E-state index in [4.69, 9.17) is 10.1 Å². The molecule has 0 spiro atoms. The third-order valence-corrected chi connectivity index (χ3v) is 6.69. The number of aryl methyl sites for hydroxylation is 1. The molecule has 1 aromatic heterocycles. The van der Waals surface area contributed by atoms with Crippen LogP contribution >= 0.6 is 0 Å². The predicted octanol–water partition coefficient (Wildman–Crippen LogP) is 3.81. The van der Waals surface area contributed by atoms with Gasteiger partial charge in [-0.2, -0.15) is 0 Å². The minimum absolute atomic E-state index is 0. The van der Waals surface area contributed by atoms with Gasteiger partial charge in [-0.25, -0.2) is 0 Å². The molecule has 143 valence electrons. The van der Waals surface area contributed by atoms with Crippen molar-refractivity contribution in [1.82, 2.24) is 4.57 Å². The molecular formula is C22H23AcN2O3-. The van der Waals surface area contributed by atoms with Crippen LogP contribution in [0.2, 0.25) is 0 Å². The summed E-state index contributed by atoms with van der Waals surface area (Å²) < 4.78 is 7.22. The van der Waals surface area contributed by atoms with Crippen molar-refractivity contribution in [1.29, 1.82) is 0 Å². The maximum absolute atomic E-state index is 13.2. The van der Waals surface area contributed by atoms with Gasteiger partial charge < -0.3 is 14.6 Å². The first-order valence-corrected chi connectivity index (χ1v) is 9.67. The Morgan fingerprint density at radius 3 is 2.82 bits per heavy atom. The molecule has 3 atom stereocenters. The summed E-state index contributed by atoms with van der Waals surface area (Å²) in [5.74, 6) is 0.0538. The van der Waals surface area contributed by atoms with Crippen LogP contribution in [0.5, 0.6) is 0 Å². The molecule has 4 heterocycles. The van der Waals surface area contributed by atoms with Gasteiger partial charge >= 0.3 is 5.97 Å². The van der Waals surface area contributed by atoms with Crippen LogP contribution in [0.1, 0.15) is 54.3 Å². The maximum atomic E-state index is 13.2. The van der Waals surface area contributed by atoms with E-state index in [0.717, 1.165) is 23.4 Å². The molecule has 3 unspecified atom stereocenters. The van der Waals surface area contributed by atoms with Gasteiger partial charge in [-0.3, -0.25) is 9.59 Å². The van der Waals surface area contributed by atoms with E-state index in [1.165, 1.54) is 11.1 Å². The Hall–Kier alpha value is -1.12. The number of hydrogen-bond donors (Lipinski definition) is 0. The molecular weight excluding hydrogens is 567 g/mol. The van der Waals surface area contributed by atoms with Gasteiger partial charge in [0.2, 0.25) is 0 Å². The van der Waals surface area contributed by atoms with Crippen molar-refractivity contribution in [2.45, 2.75) is 58.2 Å². The molecule has 0 fully saturated rings. The zero-order valence-corrected chi connectivity index (χ0v) is 21.2. The number of ether oxygens (including phenoxy) is 1. The quantitative estimate of drug-likeness (QED) is 0.475. The first kappa shape index (κ1) is 20.2. The fourth-order valence-corrected chi connectivity index (χ4v) is 4.87. The van der Waals surface area contributed by atoms with Crippen molar-refractivity contribution in [3.63, 3.8) is 0 Å². The molecule has 2 aromatic rings. The van der Waals surface area contributed by atoms with E-state index in [0.29, 0.717) is 24.4 Å². The van der Waals surface area contributed by atoms with Crippen molar-refractivity contribution >= 4 is 11.7 Å². The van der Waals surface area contributed by atoms with Crippen LogP contribution in [0.4, 0.5) is 5.69 Å². The first-order valence-electron chi connectivity index (χ1n) is 9.67. The molecule has 1 aromatic carbocycles. The van der Waals surface area contributed by atoms with E-state index in [1.54, 1.807) is 0 Å². The fourth-order valence-electron chi connectivity index (χ4n) is 4.87. The van der Waals surface area contributed by atoms with E-state index >= 15 is 0 Å². The van der Waals surface area contributed by atoms with Crippen LogP contribution in [0.15, 0.2) is 29.1 Å². The van der Waals surface area contributed by atoms with Crippen molar-refractivity contribution in [2.75, 3.05) is 0 Å². The number of rotatable bonds is 1. The number of benzene rings is 1. The van der Waals surface area contributed by atoms with Gasteiger partial charge in [0.1, 0.15) is 6.61 Å². The molecule has 5 rings (SSSR count). The summed E-state index contributed by atoms with van der Waals surface area (Å²) in [4.78, 5) is 25.7. The number of pyridine rings is 1. The van der Waals surface area contributed by atoms with Crippen LogP contribution < -0.4 is 5.56 Å². The normalized spacial score (nSPS) is 26.8. The van der Waals surface area contributed by atoms with Crippen molar-refractivity contribution in [2.24, 2.45) is 5.92 Å². The van der Waals surface area contributed by atoms with Gasteiger partial charge in [-0.05, 0) is 44.2 Å². The zero-order valence-electron chi connectivity index (χ0n) is 16.5. The van der Waals surface area contributed by atoms with Crippen molar-refractivity contribution in [3.05, 3.63) is 67.9 Å². The molecule has 0 saturated heterocycles. The minimum atomic E-state index is -0.760. The molecule has 1 radical (unpaired) electrons. The fraction of sp³-hybridized carbons (Fsp3) is 0.455. The second-order valence-corrected chi connectivity index (χ2v) is 8.31. The smallest absolute Gasteiger partial charge is 0.316 e. The Bertz CT molecular complexity index is 1040.